The third kappa shape index (κ3) is 2.45. The van der Waals surface area contributed by atoms with E-state index in [9.17, 15) is 4.79 Å². The summed E-state index contributed by atoms with van der Waals surface area (Å²) in [6, 6.07) is 18.0. The normalized spacial score (nSPS) is 13.2. The number of anilines is 1. The van der Waals surface area contributed by atoms with Crippen LogP contribution in [0.25, 0.3) is 0 Å². The molecule has 2 aromatic carbocycles. The summed E-state index contributed by atoms with van der Waals surface area (Å²) in [5, 5.41) is 2.97. The molecule has 96 valence electrons. The van der Waals surface area contributed by atoms with Crippen molar-refractivity contribution < 1.29 is 4.79 Å². The number of nitrogens with one attached hydrogen (secondary N) is 1. The van der Waals surface area contributed by atoms with Gasteiger partial charge in [0.05, 0.1) is 0 Å². The molecule has 0 fully saturated rings. The highest BCUT2D eigenvalue weighted by Gasteiger charge is 2.23. The summed E-state index contributed by atoms with van der Waals surface area (Å²) in [7, 11) is 0. The SMILES string of the molecule is O=C(NCc1ccccc1)N1CCc2ccccc21. The number of para-hydroxylation sites is 1. The van der Waals surface area contributed by atoms with E-state index in [4.69, 9.17) is 0 Å². The Bertz CT molecular complexity index is 580. The first kappa shape index (κ1) is 11.8. The molecular weight excluding hydrogens is 236 g/mol. The topological polar surface area (TPSA) is 32.3 Å². The van der Waals surface area contributed by atoms with Crippen LogP contribution in [0.2, 0.25) is 0 Å². The minimum Gasteiger partial charge on any atom is -0.334 e. The second kappa shape index (κ2) is 5.14. The van der Waals surface area contributed by atoms with E-state index in [0.717, 1.165) is 24.2 Å². The second-order valence-corrected chi connectivity index (χ2v) is 4.67. The summed E-state index contributed by atoms with van der Waals surface area (Å²) in [6.45, 7) is 1.33. The molecule has 0 saturated heterocycles. The lowest BCUT2D eigenvalue weighted by atomic mass is 10.2. The molecule has 0 bridgehead atoms. The van der Waals surface area contributed by atoms with E-state index in [-0.39, 0.29) is 6.03 Å². The van der Waals surface area contributed by atoms with Gasteiger partial charge in [-0.1, -0.05) is 48.5 Å². The van der Waals surface area contributed by atoms with Gasteiger partial charge in [0.1, 0.15) is 0 Å². The van der Waals surface area contributed by atoms with Gasteiger partial charge in [0, 0.05) is 18.8 Å². The molecule has 1 N–H and O–H groups in total. The van der Waals surface area contributed by atoms with Gasteiger partial charge in [-0.2, -0.15) is 0 Å². The molecule has 0 spiro atoms. The van der Waals surface area contributed by atoms with Crippen LogP contribution in [0, 0.1) is 0 Å². The summed E-state index contributed by atoms with van der Waals surface area (Å²) < 4.78 is 0. The first-order chi connectivity index (χ1) is 9.34. The van der Waals surface area contributed by atoms with Gasteiger partial charge >= 0.3 is 6.03 Å². The minimum atomic E-state index is -0.0196. The lowest BCUT2D eigenvalue weighted by Gasteiger charge is -2.18. The third-order valence-electron chi connectivity index (χ3n) is 3.42. The van der Waals surface area contributed by atoms with Gasteiger partial charge in [0.25, 0.3) is 0 Å². The largest absolute Gasteiger partial charge is 0.334 e. The van der Waals surface area contributed by atoms with Crippen molar-refractivity contribution in [2.45, 2.75) is 13.0 Å². The predicted octanol–water partition coefficient (Wildman–Crippen LogP) is 2.96. The highest BCUT2D eigenvalue weighted by Crippen LogP contribution is 2.27. The monoisotopic (exact) mass is 252 g/mol. The Morgan fingerprint density at radius 1 is 1.05 bits per heavy atom. The summed E-state index contributed by atoms with van der Waals surface area (Å²) in [6.07, 6.45) is 0.939. The lowest BCUT2D eigenvalue weighted by molar-refractivity contribution is 0.246. The van der Waals surface area contributed by atoms with Gasteiger partial charge in [-0.15, -0.1) is 0 Å². The minimum absolute atomic E-state index is 0.0196. The summed E-state index contributed by atoms with van der Waals surface area (Å²) in [5.74, 6) is 0. The second-order valence-electron chi connectivity index (χ2n) is 4.67. The van der Waals surface area contributed by atoms with Crippen molar-refractivity contribution in [3.8, 4) is 0 Å². The Hall–Kier alpha value is -2.29. The zero-order chi connectivity index (χ0) is 13.1. The Balaban J connectivity index is 1.66. The molecule has 2 aromatic rings. The molecule has 1 aliphatic heterocycles. The number of rotatable bonds is 2. The lowest BCUT2D eigenvalue weighted by Crippen LogP contribution is -2.38. The Morgan fingerprint density at radius 3 is 2.63 bits per heavy atom. The van der Waals surface area contributed by atoms with Crippen molar-refractivity contribution in [1.82, 2.24) is 5.32 Å². The summed E-state index contributed by atoms with van der Waals surface area (Å²) in [5.41, 5.74) is 3.40. The molecule has 0 radical (unpaired) electrons. The van der Waals surface area contributed by atoms with E-state index in [2.05, 4.69) is 11.4 Å². The standard InChI is InChI=1S/C16H16N2O/c19-16(17-12-13-6-2-1-3-7-13)18-11-10-14-8-4-5-9-15(14)18/h1-9H,10-12H2,(H,17,19). The molecule has 1 aliphatic rings. The maximum absolute atomic E-state index is 12.2. The molecule has 0 unspecified atom stereocenters. The smallest absolute Gasteiger partial charge is 0.322 e. The molecule has 19 heavy (non-hydrogen) atoms. The fourth-order valence-electron chi connectivity index (χ4n) is 2.42. The van der Waals surface area contributed by atoms with Gasteiger partial charge in [-0.25, -0.2) is 4.79 Å². The third-order valence-corrected chi connectivity index (χ3v) is 3.42. The number of hydrogen-bond acceptors (Lipinski definition) is 1. The van der Waals surface area contributed by atoms with Gasteiger partial charge in [0.2, 0.25) is 0 Å². The number of carbonyl (C=O) groups is 1. The number of urea groups is 1. The molecule has 0 saturated carbocycles. The first-order valence-electron chi connectivity index (χ1n) is 6.52. The van der Waals surface area contributed by atoms with Crippen LogP contribution in [-0.4, -0.2) is 12.6 Å². The number of carbonyl (C=O) groups excluding carboxylic acids is 1. The van der Waals surface area contributed by atoms with Crippen LogP contribution in [0.1, 0.15) is 11.1 Å². The van der Waals surface area contributed by atoms with E-state index < -0.39 is 0 Å². The Labute approximate surface area is 112 Å². The molecular formula is C16H16N2O. The summed E-state index contributed by atoms with van der Waals surface area (Å²) >= 11 is 0. The highest BCUT2D eigenvalue weighted by molar-refractivity contribution is 5.94. The molecule has 3 heteroatoms. The van der Waals surface area contributed by atoms with Gasteiger partial charge in [-0.3, -0.25) is 4.90 Å². The van der Waals surface area contributed by atoms with Crippen LogP contribution in [-0.2, 0) is 13.0 Å². The van der Waals surface area contributed by atoms with E-state index >= 15 is 0 Å². The van der Waals surface area contributed by atoms with Gasteiger partial charge < -0.3 is 5.32 Å². The number of benzene rings is 2. The van der Waals surface area contributed by atoms with Crippen molar-refractivity contribution in [3.63, 3.8) is 0 Å². The van der Waals surface area contributed by atoms with Gasteiger partial charge in [0.15, 0.2) is 0 Å². The highest BCUT2D eigenvalue weighted by atomic mass is 16.2. The van der Waals surface area contributed by atoms with Crippen molar-refractivity contribution in [2.75, 3.05) is 11.4 Å². The van der Waals surface area contributed by atoms with Crippen LogP contribution in [0.15, 0.2) is 54.6 Å². The fourth-order valence-corrected chi connectivity index (χ4v) is 2.42. The molecule has 3 nitrogen and oxygen atoms in total. The van der Waals surface area contributed by atoms with Gasteiger partial charge in [-0.05, 0) is 23.6 Å². The number of nitrogens with zero attached hydrogens (tertiary/aromatic N) is 1. The molecule has 2 amide bonds. The van der Waals surface area contributed by atoms with Crippen LogP contribution in [0.3, 0.4) is 0 Å². The maximum atomic E-state index is 12.2. The Morgan fingerprint density at radius 2 is 1.79 bits per heavy atom. The zero-order valence-corrected chi connectivity index (χ0v) is 10.7. The molecule has 0 aromatic heterocycles. The first-order valence-corrected chi connectivity index (χ1v) is 6.52. The van der Waals surface area contributed by atoms with E-state index in [0.29, 0.717) is 6.54 Å². The van der Waals surface area contributed by atoms with Crippen LogP contribution >= 0.6 is 0 Å². The van der Waals surface area contributed by atoms with Crippen LogP contribution in [0.5, 0.6) is 0 Å². The van der Waals surface area contributed by atoms with E-state index in [1.165, 1.54) is 5.56 Å². The molecule has 1 heterocycles. The van der Waals surface area contributed by atoms with Crippen LogP contribution < -0.4 is 10.2 Å². The molecule has 0 aliphatic carbocycles. The summed E-state index contributed by atoms with van der Waals surface area (Å²) in [4.78, 5) is 14.0. The van der Waals surface area contributed by atoms with Crippen molar-refractivity contribution in [3.05, 3.63) is 65.7 Å². The number of hydrogen-bond donors (Lipinski definition) is 1. The number of fused-ring (bicyclic) bond motifs is 1. The van der Waals surface area contributed by atoms with E-state index in [1.54, 1.807) is 0 Å². The number of amides is 2. The van der Waals surface area contributed by atoms with Crippen molar-refractivity contribution in [1.29, 1.82) is 0 Å². The predicted molar refractivity (Wildman–Crippen MR) is 76.2 cm³/mol. The quantitative estimate of drug-likeness (QED) is 0.875. The maximum Gasteiger partial charge on any atom is 0.322 e. The molecule has 3 rings (SSSR count). The van der Waals surface area contributed by atoms with Crippen molar-refractivity contribution >= 4 is 11.7 Å². The Kier molecular flexibility index (Phi) is 3.19. The zero-order valence-electron chi connectivity index (χ0n) is 10.7. The fraction of sp³-hybridized carbons (Fsp3) is 0.188. The van der Waals surface area contributed by atoms with E-state index in [1.807, 2.05) is 53.4 Å². The average Bonchev–Trinajstić information content (AvgIpc) is 2.90. The molecule has 0 atom stereocenters. The van der Waals surface area contributed by atoms with Crippen LogP contribution in [0.4, 0.5) is 10.5 Å². The van der Waals surface area contributed by atoms with Crippen molar-refractivity contribution in [2.24, 2.45) is 0 Å². The average molecular weight is 252 g/mol.